The number of fused-ring (bicyclic) bond motifs is 7. The van der Waals surface area contributed by atoms with Gasteiger partial charge in [-0.3, -0.25) is 4.57 Å². The number of para-hydroxylation sites is 2. The summed E-state index contributed by atoms with van der Waals surface area (Å²) in [4.78, 5) is 20.2. The summed E-state index contributed by atoms with van der Waals surface area (Å²) in [5, 5.41) is 4.72. The largest absolute Gasteiger partial charge is 0.436 e. The topological polar surface area (TPSA) is 69.6 Å². The third-order valence-corrected chi connectivity index (χ3v) is 9.94. The Kier molecular flexibility index (Phi) is 5.64. The zero-order valence-corrected chi connectivity index (χ0v) is 25.6. The van der Waals surface area contributed by atoms with Crippen LogP contribution in [0.5, 0.6) is 0 Å². The highest BCUT2D eigenvalue weighted by atomic mass is 32.1. The highest BCUT2D eigenvalue weighted by Gasteiger charge is 2.20. The van der Waals surface area contributed by atoms with E-state index in [0.717, 1.165) is 48.7 Å². The molecule has 0 aliphatic heterocycles. The molecule has 220 valence electrons. The van der Waals surface area contributed by atoms with Crippen molar-refractivity contribution in [2.75, 3.05) is 0 Å². The SMILES string of the molecule is c1ccc(-c2nc3ccc(-c4nc(-c5cccc6c5sc5ccccc56)nc(-n5c6ccccc6c6ccccc65)n4)cc3o2)cc1. The Hall–Kier alpha value is -6.18. The van der Waals surface area contributed by atoms with Crippen molar-refractivity contribution < 1.29 is 4.42 Å². The maximum Gasteiger partial charge on any atom is 0.238 e. The Morgan fingerprint density at radius 2 is 1.19 bits per heavy atom. The van der Waals surface area contributed by atoms with Crippen molar-refractivity contribution >= 4 is 64.4 Å². The standard InChI is InChI=1S/C40H23N5OS/c1-2-11-24(12-3-1)39-41-31-22-21-25(23-34(31)46-39)37-42-38(30-17-10-16-29-28-15-6-9-20-35(28)47-36(29)30)44-40(43-37)45-32-18-7-4-13-26(32)27-14-5-8-19-33(27)45/h1-23H. The zero-order valence-electron chi connectivity index (χ0n) is 24.8. The van der Waals surface area contributed by atoms with E-state index in [1.165, 1.54) is 15.5 Å². The Bertz CT molecular complexity index is 2760. The number of hydrogen-bond donors (Lipinski definition) is 0. The van der Waals surface area contributed by atoms with Crippen molar-refractivity contribution in [2.45, 2.75) is 0 Å². The molecule has 0 unspecified atom stereocenters. The van der Waals surface area contributed by atoms with Gasteiger partial charge in [-0.05, 0) is 54.6 Å². The van der Waals surface area contributed by atoms with E-state index in [1.807, 2.05) is 48.5 Å². The van der Waals surface area contributed by atoms with Crippen LogP contribution in [0.4, 0.5) is 0 Å². The molecule has 0 amide bonds. The first-order chi connectivity index (χ1) is 23.3. The van der Waals surface area contributed by atoms with Gasteiger partial charge in [0.2, 0.25) is 11.8 Å². The summed E-state index contributed by atoms with van der Waals surface area (Å²) < 4.78 is 10.8. The average molecular weight is 622 g/mol. The predicted octanol–water partition coefficient (Wildman–Crippen LogP) is 10.5. The normalized spacial score (nSPS) is 11.8. The molecule has 6 aromatic carbocycles. The molecule has 0 saturated carbocycles. The zero-order chi connectivity index (χ0) is 30.9. The first-order valence-electron chi connectivity index (χ1n) is 15.4. The fourth-order valence-corrected chi connectivity index (χ4v) is 7.76. The van der Waals surface area contributed by atoms with Crippen molar-refractivity contribution in [3.63, 3.8) is 0 Å². The lowest BCUT2D eigenvalue weighted by atomic mass is 10.1. The van der Waals surface area contributed by atoms with E-state index in [9.17, 15) is 0 Å². The second kappa shape index (κ2) is 10.2. The lowest BCUT2D eigenvalue weighted by Gasteiger charge is -2.11. The highest BCUT2D eigenvalue weighted by Crippen LogP contribution is 2.40. The lowest BCUT2D eigenvalue weighted by Crippen LogP contribution is -2.06. The van der Waals surface area contributed by atoms with Crippen molar-refractivity contribution in [1.29, 1.82) is 0 Å². The Labute approximate surface area is 272 Å². The second-order valence-corrected chi connectivity index (χ2v) is 12.6. The van der Waals surface area contributed by atoms with E-state index in [2.05, 4.69) is 95.6 Å². The van der Waals surface area contributed by atoms with Crippen LogP contribution in [0.15, 0.2) is 144 Å². The summed E-state index contributed by atoms with van der Waals surface area (Å²) in [5.74, 6) is 2.32. The summed E-state index contributed by atoms with van der Waals surface area (Å²) in [5.41, 5.74) is 6.25. The molecule has 0 aliphatic carbocycles. The van der Waals surface area contributed by atoms with Gasteiger partial charge in [-0.25, -0.2) is 9.97 Å². The van der Waals surface area contributed by atoms with Crippen molar-refractivity contribution in [2.24, 2.45) is 0 Å². The molecule has 7 heteroatoms. The van der Waals surface area contributed by atoms with Crippen LogP contribution >= 0.6 is 11.3 Å². The molecule has 0 radical (unpaired) electrons. The quantitative estimate of drug-likeness (QED) is 0.196. The summed E-state index contributed by atoms with van der Waals surface area (Å²) >= 11 is 1.77. The summed E-state index contributed by atoms with van der Waals surface area (Å²) in [6, 6.07) is 47.6. The van der Waals surface area contributed by atoms with Gasteiger partial charge in [-0.2, -0.15) is 9.97 Å². The Morgan fingerprint density at radius 3 is 2.00 bits per heavy atom. The number of rotatable bonds is 4. The molecule has 4 aromatic heterocycles. The van der Waals surface area contributed by atoms with Crippen LogP contribution in [0.25, 0.3) is 93.3 Å². The third-order valence-electron chi connectivity index (χ3n) is 8.72. The van der Waals surface area contributed by atoms with E-state index < -0.39 is 0 Å². The van der Waals surface area contributed by atoms with Crippen LogP contribution in [-0.2, 0) is 0 Å². The molecule has 0 N–H and O–H groups in total. The molecule has 0 saturated heterocycles. The fourth-order valence-electron chi connectivity index (χ4n) is 6.54. The van der Waals surface area contributed by atoms with Gasteiger partial charge in [0, 0.05) is 47.6 Å². The molecule has 6 nitrogen and oxygen atoms in total. The van der Waals surface area contributed by atoms with Crippen LogP contribution in [0.3, 0.4) is 0 Å². The number of benzene rings is 6. The van der Waals surface area contributed by atoms with Crippen LogP contribution < -0.4 is 0 Å². The summed E-state index contributed by atoms with van der Waals surface area (Å²) in [6.07, 6.45) is 0. The summed E-state index contributed by atoms with van der Waals surface area (Å²) in [7, 11) is 0. The predicted molar refractivity (Wildman–Crippen MR) is 191 cm³/mol. The van der Waals surface area contributed by atoms with Gasteiger partial charge in [0.25, 0.3) is 0 Å². The Morgan fingerprint density at radius 1 is 0.511 bits per heavy atom. The molecule has 0 bridgehead atoms. The third kappa shape index (κ3) is 4.10. The lowest BCUT2D eigenvalue weighted by molar-refractivity contribution is 0.620. The van der Waals surface area contributed by atoms with Gasteiger partial charge in [0.1, 0.15) is 5.52 Å². The number of thiophene rings is 1. The molecular weight excluding hydrogens is 599 g/mol. The monoisotopic (exact) mass is 621 g/mol. The van der Waals surface area contributed by atoms with Gasteiger partial charge in [0.15, 0.2) is 17.2 Å². The number of oxazole rings is 1. The molecule has 0 fully saturated rings. The van der Waals surface area contributed by atoms with Gasteiger partial charge < -0.3 is 4.42 Å². The molecule has 10 rings (SSSR count). The van der Waals surface area contributed by atoms with E-state index in [0.29, 0.717) is 29.1 Å². The summed E-state index contributed by atoms with van der Waals surface area (Å²) in [6.45, 7) is 0. The smallest absolute Gasteiger partial charge is 0.238 e. The van der Waals surface area contributed by atoms with Gasteiger partial charge >= 0.3 is 0 Å². The Balaban J connectivity index is 1.24. The van der Waals surface area contributed by atoms with Crippen LogP contribution in [-0.4, -0.2) is 24.5 Å². The number of nitrogens with zero attached hydrogens (tertiary/aromatic N) is 5. The van der Waals surface area contributed by atoms with E-state index in [-0.39, 0.29) is 0 Å². The first-order valence-corrected chi connectivity index (χ1v) is 16.2. The van der Waals surface area contributed by atoms with E-state index >= 15 is 0 Å². The van der Waals surface area contributed by atoms with Gasteiger partial charge in [-0.15, -0.1) is 11.3 Å². The molecule has 0 spiro atoms. The molecule has 47 heavy (non-hydrogen) atoms. The first kappa shape index (κ1) is 26.1. The highest BCUT2D eigenvalue weighted by molar-refractivity contribution is 7.26. The van der Waals surface area contributed by atoms with Crippen molar-refractivity contribution in [3.05, 3.63) is 140 Å². The minimum Gasteiger partial charge on any atom is -0.436 e. The molecule has 10 aromatic rings. The van der Waals surface area contributed by atoms with Crippen LogP contribution in [0.2, 0.25) is 0 Å². The second-order valence-electron chi connectivity index (χ2n) is 11.5. The maximum absolute atomic E-state index is 6.25. The number of aromatic nitrogens is 5. The molecular formula is C40H23N5OS. The fraction of sp³-hybridized carbons (Fsp3) is 0. The van der Waals surface area contributed by atoms with E-state index in [1.54, 1.807) is 11.3 Å². The number of hydrogen-bond acceptors (Lipinski definition) is 6. The van der Waals surface area contributed by atoms with E-state index in [4.69, 9.17) is 24.4 Å². The van der Waals surface area contributed by atoms with Crippen LogP contribution in [0, 0.1) is 0 Å². The van der Waals surface area contributed by atoms with Crippen LogP contribution in [0.1, 0.15) is 0 Å². The average Bonchev–Trinajstić information content (AvgIpc) is 3.83. The minimum absolute atomic E-state index is 0.558. The van der Waals surface area contributed by atoms with Gasteiger partial charge in [0.05, 0.1) is 11.0 Å². The molecule has 0 aliphatic rings. The molecule has 4 heterocycles. The van der Waals surface area contributed by atoms with Crippen molar-refractivity contribution in [3.8, 4) is 40.2 Å². The minimum atomic E-state index is 0.558. The molecule has 0 atom stereocenters. The van der Waals surface area contributed by atoms with Crippen molar-refractivity contribution in [1.82, 2.24) is 24.5 Å². The maximum atomic E-state index is 6.25. The van der Waals surface area contributed by atoms with Gasteiger partial charge in [-0.1, -0.05) is 84.9 Å².